The summed E-state index contributed by atoms with van der Waals surface area (Å²) in [5.74, 6) is -0.576. The van der Waals surface area contributed by atoms with E-state index in [1.165, 1.54) is 19.1 Å². The Morgan fingerprint density at radius 3 is 2.59 bits per heavy atom. The van der Waals surface area contributed by atoms with Crippen molar-refractivity contribution in [3.05, 3.63) is 52.3 Å². The van der Waals surface area contributed by atoms with Crippen LogP contribution < -0.4 is 11.1 Å². The highest BCUT2D eigenvalue weighted by molar-refractivity contribution is 6.32. The average molecular weight is 321 g/mol. The summed E-state index contributed by atoms with van der Waals surface area (Å²) in [5, 5.41) is 3.30. The minimum atomic E-state index is -0.352. The van der Waals surface area contributed by atoms with Gasteiger partial charge in [-0.05, 0) is 48.7 Å². The van der Waals surface area contributed by atoms with Crippen LogP contribution >= 0.6 is 11.6 Å². The molecule has 0 spiro atoms. The van der Waals surface area contributed by atoms with Crippen molar-refractivity contribution >= 4 is 23.2 Å². The first-order valence-corrected chi connectivity index (χ1v) is 7.31. The molecule has 1 amide bonds. The first kappa shape index (κ1) is 16.5. The number of rotatable bonds is 3. The standard InChI is InChI=1S/C17H18ClFN2O/c1-9-15(18)8-14(10(2)20)16(17(9)21-11(3)22)12-5-4-6-13(19)7-12/h4-8,10H,20H2,1-3H3,(H,21,22). The highest BCUT2D eigenvalue weighted by Crippen LogP contribution is 2.40. The molecule has 0 fully saturated rings. The van der Waals surface area contributed by atoms with E-state index in [-0.39, 0.29) is 17.8 Å². The number of anilines is 1. The third-order valence-electron chi connectivity index (χ3n) is 3.46. The van der Waals surface area contributed by atoms with Crippen LogP contribution in [-0.2, 0) is 4.79 Å². The number of halogens is 2. The van der Waals surface area contributed by atoms with E-state index in [0.717, 1.165) is 11.1 Å². The smallest absolute Gasteiger partial charge is 0.221 e. The highest BCUT2D eigenvalue weighted by atomic mass is 35.5. The maximum absolute atomic E-state index is 13.6. The van der Waals surface area contributed by atoms with E-state index in [1.807, 2.05) is 6.92 Å². The van der Waals surface area contributed by atoms with E-state index in [2.05, 4.69) is 5.32 Å². The molecule has 0 saturated carbocycles. The van der Waals surface area contributed by atoms with E-state index >= 15 is 0 Å². The predicted octanol–water partition coefficient (Wildman–Crippen LogP) is 4.43. The molecule has 2 aromatic rings. The van der Waals surface area contributed by atoms with Crippen LogP contribution in [0, 0.1) is 12.7 Å². The second kappa shape index (κ2) is 6.46. The molecule has 0 radical (unpaired) electrons. The van der Waals surface area contributed by atoms with Crippen molar-refractivity contribution in [1.29, 1.82) is 0 Å². The first-order valence-electron chi connectivity index (χ1n) is 6.93. The molecule has 3 N–H and O–H groups in total. The quantitative estimate of drug-likeness (QED) is 0.878. The second-order valence-corrected chi connectivity index (χ2v) is 5.71. The monoisotopic (exact) mass is 320 g/mol. The molecule has 0 bridgehead atoms. The Labute approximate surface area is 134 Å². The molecule has 5 heteroatoms. The number of carbonyl (C=O) groups is 1. The van der Waals surface area contributed by atoms with Gasteiger partial charge in [-0.2, -0.15) is 0 Å². The van der Waals surface area contributed by atoms with Gasteiger partial charge in [0, 0.05) is 23.6 Å². The fourth-order valence-electron chi connectivity index (χ4n) is 2.41. The Kier molecular flexibility index (Phi) is 4.84. The van der Waals surface area contributed by atoms with E-state index in [9.17, 15) is 9.18 Å². The van der Waals surface area contributed by atoms with Crippen molar-refractivity contribution in [1.82, 2.24) is 0 Å². The Balaban J connectivity index is 2.82. The van der Waals surface area contributed by atoms with Crippen LogP contribution in [0.15, 0.2) is 30.3 Å². The van der Waals surface area contributed by atoms with E-state index in [0.29, 0.717) is 21.8 Å². The van der Waals surface area contributed by atoms with Gasteiger partial charge in [0.05, 0.1) is 5.69 Å². The lowest BCUT2D eigenvalue weighted by molar-refractivity contribution is -0.114. The fourth-order valence-corrected chi connectivity index (χ4v) is 2.63. The van der Waals surface area contributed by atoms with E-state index in [4.69, 9.17) is 17.3 Å². The normalized spacial score (nSPS) is 12.1. The van der Waals surface area contributed by atoms with Crippen molar-refractivity contribution < 1.29 is 9.18 Å². The molecule has 2 aromatic carbocycles. The molecule has 116 valence electrons. The van der Waals surface area contributed by atoms with Crippen molar-refractivity contribution in [3.8, 4) is 11.1 Å². The fraction of sp³-hybridized carbons (Fsp3) is 0.235. The lowest BCUT2D eigenvalue weighted by Crippen LogP contribution is -2.13. The number of hydrogen-bond donors (Lipinski definition) is 2. The maximum Gasteiger partial charge on any atom is 0.221 e. The molecule has 0 aliphatic carbocycles. The van der Waals surface area contributed by atoms with Gasteiger partial charge in [0.15, 0.2) is 0 Å². The van der Waals surface area contributed by atoms with Crippen LogP contribution in [0.25, 0.3) is 11.1 Å². The number of amides is 1. The van der Waals surface area contributed by atoms with Gasteiger partial charge in [0.1, 0.15) is 5.82 Å². The summed E-state index contributed by atoms with van der Waals surface area (Å²) in [6, 6.07) is 7.65. The van der Waals surface area contributed by atoms with Crippen molar-refractivity contribution in [2.24, 2.45) is 5.73 Å². The van der Waals surface area contributed by atoms with Crippen molar-refractivity contribution in [2.75, 3.05) is 5.32 Å². The molecule has 0 aromatic heterocycles. The van der Waals surface area contributed by atoms with Crippen LogP contribution in [0.5, 0.6) is 0 Å². The van der Waals surface area contributed by atoms with E-state index < -0.39 is 0 Å². The summed E-state index contributed by atoms with van der Waals surface area (Å²) in [6.45, 7) is 5.05. The molecule has 0 aliphatic rings. The minimum absolute atomic E-state index is 0.223. The summed E-state index contributed by atoms with van der Waals surface area (Å²) in [4.78, 5) is 11.5. The first-order chi connectivity index (χ1) is 10.3. The number of benzene rings is 2. The van der Waals surface area contributed by atoms with E-state index in [1.54, 1.807) is 25.1 Å². The zero-order valence-corrected chi connectivity index (χ0v) is 13.5. The molecule has 0 aliphatic heterocycles. The molecular formula is C17H18ClFN2O. The van der Waals surface area contributed by atoms with Gasteiger partial charge in [-0.25, -0.2) is 4.39 Å². The Morgan fingerprint density at radius 1 is 1.36 bits per heavy atom. The second-order valence-electron chi connectivity index (χ2n) is 5.30. The average Bonchev–Trinajstić information content (AvgIpc) is 2.43. The number of carbonyl (C=O) groups excluding carboxylic acids is 1. The largest absolute Gasteiger partial charge is 0.325 e. The molecule has 3 nitrogen and oxygen atoms in total. The topological polar surface area (TPSA) is 55.1 Å². The number of nitrogens with one attached hydrogen (secondary N) is 1. The van der Waals surface area contributed by atoms with Gasteiger partial charge >= 0.3 is 0 Å². The Hall–Kier alpha value is -1.91. The summed E-state index contributed by atoms with van der Waals surface area (Å²) in [6.07, 6.45) is 0. The van der Waals surface area contributed by atoms with Gasteiger partial charge in [-0.1, -0.05) is 23.7 Å². The van der Waals surface area contributed by atoms with Gasteiger partial charge < -0.3 is 11.1 Å². The van der Waals surface area contributed by atoms with Crippen LogP contribution in [0.3, 0.4) is 0 Å². The predicted molar refractivity (Wildman–Crippen MR) is 88.5 cm³/mol. The lowest BCUT2D eigenvalue weighted by Gasteiger charge is -2.21. The molecule has 22 heavy (non-hydrogen) atoms. The molecule has 0 saturated heterocycles. The molecular weight excluding hydrogens is 303 g/mol. The third-order valence-corrected chi connectivity index (χ3v) is 3.85. The number of hydrogen-bond acceptors (Lipinski definition) is 2. The van der Waals surface area contributed by atoms with Crippen LogP contribution in [0.2, 0.25) is 5.02 Å². The lowest BCUT2D eigenvalue weighted by atomic mass is 9.91. The molecule has 1 atom stereocenters. The summed E-state index contributed by atoms with van der Waals surface area (Å²) in [5.41, 5.74) is 9.44. The van der Waals surface area contributed by atoms with Crippen molar-refractivity contribution in [2.45, 2.75) is 26.8 Å². The zero-order valence-electron chi connectivity index (χ0n) is 12.7. The zero-order chi connectivity index (χ0) is 16.4. The molecule has 1 unspecified atom stereocenters. The summed E-state index contributed by atoms with van der Waals surface area (Å²) >= 11 is 6.26. The Morgan fingerprint density at radius 2 is 2.05 bits per heavy atom. The van der Waals surface area contributed by atoms with Crippen LogP contribution in [-0.4, -0.2) is 5.91 Å². The van der Waals surface area contributed by atoms with Crippen molar-refractivity contribution in [3.63, 3.8) is 0 Å². The van der Waals surface area contributed by atoms with Gasteiger partial charge in [0.2, 0.25) is 5.91 Å². The SMILES string of the molecule is CC(=O)Nc1c(C)c(Cl)cc(C(C)N)c1-c1cccc(F)c1. The van der Waals surface area contributed by atoms with Crippen LogP contribution in [0.4, 0.5) is 10.1 Å². The summed E-state index contributed by atoms with van der Waals surface area (Å²) in [7, 11) is 0. The minimum Gasteiger partial charge on any atom is -0.325 e. The van der Waals surface area contributed by atoms with Gasteiger partial charge in [-0.3, -0.25) is 4.79 Å². The van der Waals surface area contributed by atoms with Gasteiger partial charge in [0.25, 0.3) is 0 Å². The summed E-state index contributed by atoms with van der Waals surface area (Å²) < 4.78 is 13.6. The molecule has 2 rings (SSSR count). The third kappa shape index (κ3) is 3.29. The highest BCUT2D eigenvalue weighted by Gasteiger charge is 2.19. The Bertz CT molecular complexity index is 729. The van der Waals surface area contributed by atoms with Gasteiger partial charge in [-0.15, -0.1) is 0 Å². The van der Waals surface area contributed by atoms with Crippen LogP contribution in [0.1, 0.15) is 31.0 Å². The maximum atomic E-state index is 13.6. The molecule has 0 heterocycles. The number of nitrogens with two attached hydrogens (primary N) is 1.